The molecule has 15 heavy (non-hydrogen) atoms. The van der Waals surface area contributed by atoms with E-state index in [0.717, 1.165) is 4.90 Å². The highest BCUT2D eigenvalue weighted by Gasteiger charge is 2.31. The summed E-state index contributed by atoms with van der Waals surface area (Å²) in [4.78, 5) is 36.6. The number of β-amino-alcohol motifs (C(OH)–C–C–N with tert-alkyl or cyclic N) is 1. The summed E-state index contributed by atoms with van der Waals surface area (Å²) >= 11 is 0. The van der Waals surface area contributed by atoms with Crippen LogP contribution in [-0.2, 0) is 14.4 Å². The second-order valence-corrected chi connectivity index (χ2v) is 3.25. The van der Waals surface area contributed by atoms with Gasteiger partial charge in [-0.1, -0.05) is 0 Å². The predicted molar refractivity (Wildman–Crippen MR) is 50.7 cm³/mol. The molecule has 0 aromatic carbocycles. The van der Waals surface area contributed by atoms with Crippen LogP contribution in [0.1, 0.15) is 13.3 Å². The average Bonchev–Trinajstić information content (AvgIpc) is 2.29. The van der Waals surface area contributed by atoms with Gasteiger partial charge in [-0.2, -0.15) is 0 Å². The second kappa shape index (κ2) is 4.88. The minimum atomic E-state index is -0.532. The zero-order valence-electron chi connectivity index (χ0n) is 8.60. The number of aliphatic hydroxyl groups is 1. The molecule has 0 bridgehead atoms. The van der Waals surface area contributed by atoms with E-state index in [-0.39, 0.29) is 32.0 Å². The fourth-order valence-electron chi connectivity index (χ4n) is 1.45. The van der Waals surface area contributed by atoms with Gasteiger partial charge in [-0.3, -0.25) is 19.3 Å². The van der Waals surface area contributed by atoms with E-state index in [9.17, 15) is 14.4 Å². The van der Waals surface area contributed by atoms with Gasteiger partial charge in [-0.15, -0.1) is 0 Å². The Labute approximate surface area is 87.5 Å². The summed E-state index contributed by atoms with van der Waals surface area (Å²) in [5.74, 6) is -1.30. The van der Waals surface area contributed by atoms with Crippen molar-refractivity contribution in [3.05, 3.63) is 0 Å². The molecule has 0 saturated carbocycles. The minimum absolute atomic E-state index is 0.0392. The molecule has 0 unspecified atom stereocenters. The van der Waals surface area contributed by atoms with Gasteiger partial charge in [-0.05, 0) is 6.92 Å². The molecule has 0 aromatic heterocycles. The van der Waals surface area contributed by atoms with E-state index in [0.29, 0.717) is 6.54 Å². The maximum Gasteiger partial charge on any atom is 0.248 e. The lowest BCUT2D eigenvalue weighted by Crippen LogP contribution is -2.40. The lowest BCUT2D eigenvalue weighted by Gasteiger charge is -2.18. The number of carbonyl (C=O) groups excluding carboxylic acids is 3. The predicted octanol–water partition coefficient (Wildman–Crippen LogP) is -1.41. The third kappa shape index (κ3) is 2.53. The van der Waals surface area contributed by atoms with Crippen LogP contribution in [0.4, 0.5) is 0 Å². The summed E-state index contributed by atoms with van der Waals surface area (Å²) in [5, 5.41) is 8.69. The summed E-state index contributed by atoms with van der Waals surface area (Å²) in [7, 11) is 0. The molecule has 0 atom stereocenters. The van der Waals surface area contributed by atoms with Crippen molar-refractivity contribution >= 4 is 17.7 Å². The molecule has 1 saturated heterocycles. The van der Waals surface area contributed by atoms with E-state index in [1.54, 1.807) is 6.92 Å². The molecule has 1 aliphatic rings. The smallest absolute Gasteiger partial charge is 0.248 e. The maximum atomic E-state index is 11.5. The first-order valence-electron chi connectivity index (χ1n) is 4.82. The molecule has 1 aliphatic heterocycles. The minimum Gasteiger partial charge on any atom is -0.395 e. The van der Waals surface area contributed by atoms with Gasteiger partial charge in [0, 0.05) is 6.54 Å². The molecule has 1 heterocycles. The highest BCUT2D eigenvalue weighted by Crippen LogP contribution is 2.06. The van der Waals surface area contributed by atoms with Crippen molar-refractivity contribution in [2.75, 3.05) is 26.2 Å². The van der Waals surface area contributed by atoms with E-state index in [1.165, 1.54) is 4.90 Å². The number of rotatable bonds is 3. The molecule has 1 fully saturated rings. The Morgan fingerprint density at radius 2 is 1.87 bits per heavy atom. The van der Waals surface area contributed by atoms with E-state index >= 15 is 0 Å². The fraction of sp³-hybridized carbons (Fsp3) is 0.667. The van der Waals surface area contributed by atoms with Gasteiger partial charge in [0.15, 0.2) is 0 Å². The topological polar surface area (TPSA) is 77.9 Å². The maximum absolute atomic E-state index is 11.5. The molecule has 6 heteroatoms. The number of hydrogen-bond acceptors (Lipinski definition) is 4. The molecule has 1 rings (SSSR count). The van der Waals surface area contributed by atoms with Crippen molar-refractivity contribution in [3.63, 3.8) is 0 Å². The van der Waals surface area contributed by atoms with Gasteiger partial charge < -0.3 is 10.0 Å². The van der Waals surface area contributed by atoms with Crippen LogP contribution >= 0.6 is 0 Å². The first-order chi connectivity index (χ1) is 7.10. The molecular weight excluding hydrogens is 200 g/mol. The number of nitrogens with zero attached hydrogens (tertiary/aromatic N) is 2. The van der Waals surface area contributed by atoms with Crippen LogP contribution in [0.3, 0.4) is 0 Å². The molecule has 3 amide bonds. The lowest BCUT2D eigenvalue weighted by molar-refractivity contribution is -0.144. The molecule has 84 valence electrons. The van der Waals surface area contributed by atoms with Crippen LogP contribution in [0.15, 0.2) is 0 Å². The zero-order chi connectivity index (χ0) is 11.4. The third-order valence-electron chi connectivity index (χ3n) is 2.29. The molecule has 0 spiro atoms. The second-order valence-electron chi connectivity index (χ2n) is 3.25. The molecule has 0 aromatic rings. The number of amides is 3. The summed E-state index contributed by atoms with van der Waals surface area (Å²) in [6.45, 7) is 1.75. The van der Waals surface area contributed by atoms with E-state index in [2.05, 4.69) is 0 Å². The van der Waals surface area contributed by atoms with Gasteiger partial charge in [0.05, 0.1) is 13.2 Å². The van der Waals surface area contributed by atoms with Gasteiger partial charge in [-0.25, -0.2) is 0 Å². The Balaban J connectivity index is 2.82. The largest absolute Gasteiger partial charge is 0.395 e. The molecule has 0 aliphatic carbocycles. The van der Waals surface area contributed by atoms with E-state index in [1.807, 2.05) is 0 Å². The van der Waals surface area contributed by atoms with Crippen LogP contribution in [0.25, 0.3) is 0 Å². The normalized spacial score (nSPS) is 18.4. The van der Waals surface area contributed by atoms with Crippen molar-refractivity contribution in [3.8, 4) is 0 Å². The average molecular weight is 214 g/mol. The van der Waals surface area contributed by atoms with Gasteiger partial charge in [0.2, 0.25) is 17.7 Å². The number of aliphatic hydroxyl groups excluding tert-OH is 1. The van der Waals surface area contributed by atoms with Crippen molar-refractivity contribution in [2.45, 2.75) is 13.3 Å². The molecule has 1 N–H and O–H groups in total. The van der Waals surface area contributed by atoms with Crippen LogP contribution < -0.4 is 0 Å². The van der Waals surface area contributed by atoms with Gasteiger partial charge in [0.25, 0.3) is 0 Å². The number of likely N-dealkylation sites (N-methyl/N-ethyl adjacent to an activating group) is 1. The molecule has 6 nitrogen and oxygen atoms in total. The number of hydrogen-bond donors (Lipinski definition) is 1. The Kier molecular flexibility index (Phi) is 3.79. The van der Waals surface area contributed by atoms with Gasteiger partial charge in [0.1, 0.15) is 13.0 Å². The number of imide groups is 1. The van der Waals surface area contributed by atoms with Gasteiger partial charge >= 0.3 is 0 Å². The summed E-state index contributed by atoms with van der Waals surface area (Å²) in [6, 6.07) is 0. The third-order valence-corrected chi connectivity index (χ3v) is 2.29. The Morgan fingerprint density at radius 1 is 1.20 bits per heavy atom. The fourth-order valence-corrected chi connectivity index (χ4v) is 1.45. The first-order valence-corrected chi connectivity index (χ1v) is 4.82. The van der Waals surface area contributed by atoms with Crippen molar-refractivity contribution in [1.29, 1.82) is 0 Å². The molecular formula is C9H14N2O4. The first kappa shape index (κ1) is 11.6. The SMILES string of the molecule is CCN1CC(=O)N(CCO)C(=O)CC1=O. The van der Waals surface area contributed by atoms with E-state index < -0.39 is 11.8 Å². The zero-order valence-corrected chi connectivity index (χ0v) is 8.60. The quantitative estimate of drug-likeness (QED) is 0.462. The summed E-state index contributed by atoms with van der Waals surface area (Å²) in [6.07, 6.45) is -0.292. The summed E-state index contributed by atoms with van der Waals surface area (Å²) in [5.41, 5.74) is 0. The highest BCUT2D eigenvalue weighted by molar-refractivity contribution is 6.07. The van der Waals surface area contributed by atoms with Crippen molar-refractivity contribution < 1.29 is 19.5 Å². The monoisotopic (exact) mass is 214 g/mol. The Bertz CT molecular complexity index is 290. The van der Waals surface area contributed by atoms with Crippen LogP contribution in [0.5, 0.6) is 0 Å². The van der Waals surface area contributed by atoms with Crippen molar-refractivity contribution in [2.24, 2.45) is 0 Å². The van der Waals surface area contributed by atoms with Crippen LogP contribution in [-0.4, -0.2) is 58.9 Å². The highest BCUT2D eigenvalue weighted by atomic mass is 16.3. The summed E-state index contributed by atoms with van der Waals surface area (Å²) < 4.78 is 0. The standard InChI is InChI=1S/C9H14N2O4/c1-2-10-6-9(15)11(3-4-12)8(14)5-7(10)13/h12H,2-6H2,1H3. The Morgan fingerprint density at radius 3 is 2.40 bits per heavy atom. The van der Waals surface area contributed by atoms with Crippen LogP contribution in [0, 0.1) is 0 Å². The number of carbonyl (C=O) groups is 3. The molecule has 0 radical (unpaired) electrons. The lowest BCUT2D eigenvalue weighted by atomic mass is 10.3. The van der Waals surface area contributed by atoms with Crippen molar-refractivity contribution in [1.82, 2.24) is 9.80 Å². The van der Waals surface area contributed by atoms with Crippen LogP contribution in [0.2, 0.25) is 0 Å². The van der Waals surface area contributed by atoms with E-state index in [4.69, 9.17) is 5.11 Å². The Hall–Kier alpha value is -1.43.